The summed E-state index contributed by atoms with van der Waals surface area (Å²) >= 11 is 2.49. The number of aromatic nitrogens is 1. The van der Waals surface area contributed by atoms with Gasteiger partial charge in [-0.05, 0) is 23.1 Å². The number of β-lactam (4-membered cyclic amide) rings is 1. The van der Waals surface area contributed by atoms with Crippen molar-refractivity contribution in [2.24, 2.45) is 5.16 Å². The lowest BCUT2D eigenvalue weighted by molar-refractivity contribution is -0.150. The molecule has 0 radical (unpaired) electrons. The molecule has 72 heavy (non-hydrogen) atoms. The molecule has 2 saturated heterocycles. The largest absolute Gasteiger partial charge is 0.477 e. The number of β-amino-alcohol motifs (C(OH)–C–C–N with tert-alkyl or cyclic N) is 1. The summed E-state index contributed by atoms with van der Waals surface area (Å²) in [4.78, 5) is 69.2. The molecule has 3 amide bonds. The highest BCUT2D eigenvalue weighted by atomic mass is 32.2. The van der Waals surface area contributed by atoms with Gasteiger partial charge in [-0.3, -0.25) is 14.5 Å². The van der Waals surface area contributed by atoms with Gasteiger partial charge in [-0.25, -0.2) is 14.6 Å². The maximum absolute atomic E-state index is 15.1. The van der Waals surface area contributed by atoms with E-state index in [4.69, 9.17) is 19.7 Å². The van der Waals surface area contributed by atoms with Crippen LogP contribution >= 0.6 is 23.1 Å². The number of thioether (sulfide) groups is 1. The van der Waals surface area contributed by atoms with Crippen LogP contribution in [0.1, 0.15) is 45.5 Å². The number of carboxylic acids is 1. The smallest absolute Gasteiger partial charge is 0.410 e. The van der Waals surface area contributed by atoms with E-state index in [9.17, 15) is 24.6 Å². The molecule has 4 heterocycles. The molecule has 0 aliphatic carbocycles. The van der Waals surface area contributed by atoms with E-state index >= 15 is 4.79 Å². The fraction of sp³-hybridized carbons (Fsp3) is 0.179. The molecular weight excluding hydrogens is 949 g/mol. The van der Waals surface area contributed by atoms with Gasteiger partial charge in [0.15, 0.2) is 10.8 Å². The molecule has 7 aromatic rings. The maximum atomic E-state index is 15.1. The first-order valence-electron chi connectivity index (χ1n) is 23.3. The number of amides is 3. The fourth-order valence-corrected chi connectivity index (χ4v) is 11.6. The number of anilines is 1. The highest BCUT2D eigenvalue weighted by Crippen LogP contribution is 2.44. The van der Waals surface area contributed by atoms with Crippen LogP contribution in [-0.2, 0) is 35.1 Å². The van der Waals surface area contributed by atoms with Gasteiger partial charge in [0, 0.05) is 46.5 Å². The van der Waals surface area contributed by atoms with Gasteiger partial charge in [0.1, 0.15) is 35.0 Å². The van der Waals surface area contributed by atoms with Crippen LogP contribution in [0.25, 0.3) is 0 Å². The Bertz CT molecular complexity index is 2930. The third-order valence-corrected chi connectivity index (χ3v) is 15.1. The van der Waals surface area contributed by atoms with Gasteiger partial charge >= 0.3 is 12.1 Å². The van der Waals surface area contributed by atoms with Crippen molar-refractivity contribution < 1.29 is 39.0 Å². The number of nitrogens with one attached hydrogen (secondary N) is 2. The molecule has 0 spiro atoms. The molecule has 1 aromatic heterocycles. The summed E-state index contributed by atoms with van der Waals surface area (Å²) in [5.41, 5.74) is 2.45. The van der Waals surface area contributed by atoms with Crippen LogP contribution in [0.3, 0.4) is 0 Å². The third kappa shape index (κ3) is 9.11. The molecule has 4 N–H and O–H groups in total. The molecule has 10 rings (SSSR count). The molecule has 6 aromatic carbocycles. The number of carboxylic acid groups (broad SMARTS) is 1. The molecule has 362 valence electrons. The number of carbonyl (C=O) groups is 4. The standard InChI is InChI=1S/C56H48N6O8S2/c63-44-31-32-61(33-44)54(68)69-34-37-35-71-51-47(50(65)62(51)48(37)52(66)67)58-49(64)46(60-70-56(41-25-13-4-14-26-41,42-27-15-5-16-28-42)43-29-17-6-18-30-43)45-36-72-53(57-45)59-55(38-19-7-1-8-20-38,39-21-9-2-10-22-39)40-23-11-3-12-24-40/h1-30,36,44,47,51,63H,31-35H2,(H,57,59)(H,58,64)(H,66,67)/t44?,47?,51-/m0/s1. The second kappa shape index (κ2) is 20.7. The number of rotatable bonds is 16. The number of carbonyl (C=O) groups excluding carboxylic acids is 3. The fourth-order valence-electron chi connectivity index (χ4n) is 9.53. The third-order valence-electron chi connectivity index (χ3n) is 13.0. The summed E-state index contributed by atoms with van der Waals surface area (Å²) in [7, 11) is 0. The maximum Gasteiger partial charge on any atom is 0.410 e. The number of thiazole rings is 1. The van der Waals surface area contributed by atoms with Crippen LogP contribution < -0.4 is 10.6 Å². The van der Waals surface area contributed by atoms with E-state index in [0.717, 1.165) is 38.3 Å². The highest BCUT2D eigenvalue weighted by molar-refractivity contribution is 8.00. The van der Waals surface area contributed by atoms with Crippen molar-refractivity contribution >= 4 is 57.8 Å². The second-order valence-corrected chi connectivity index (χ2v) is 19.3. The minimum atomic E-state index is -1.40. The predicted molar refractivity (Wildman–Crippen MR) is 275 cm³/mol. The number of nitrogens with zero attached hydrogens (tertiary/aromatic N) is 4. The lowest BCUT2D eigenvalue weighted by atomic mass is 9.77. The summed E-state index contributed by atoms with van der Waals surface area (Å²) < 4.78 is 5.46. The molecule has 3 aliphatic rings. The normalized spacial score (nSPS) is 17.9. The van der Waals surface area contributed by atoms with Gasteiger partial charge in [0.2, 0.25) is 5.60 Å². The van der Waals surface area contributed by atoms with E-state index in [0.29, 0.717) is 18.1 Å². The number of hydrogen-bond donors (Lipinski definition) is 4. The van der Waals surface area contributed by atoms with E-state index < -0.39 is 52.5 Å². The van der Waals surface area contributed by atoms with Gasteiger partial charge in [-0.2, -0.15) is 0 Å². The zero-order valence-corrected chi connectivity index (χ0v) is 40.2. The van der Waals surface area contributed by atoms with Crippen molar-refractivity contribution in [1.29, 1.82) is 0 Å². The molecule has 3 aliphatic heterocycles. The van der Waals surface area contributed by atoms with Gasteiger partial charge < -0.3 is 35.3 Å². The van der Waals surface area contributed by atoms with Gasteiger partial charge in [0.05, 0.1) is 6.10 Å². The average molecular weight is 997 g/mol. The van der Waals surface area contributed by atoms with Crippen molar-refractivity contribution in [1.82, 2.24) is 20.1 Å². The predicted octanol–water partition coefficient (Wildman–Crippen LogP) is 8.20. The Kier molecular flexibility index (Phi) is 13.7. The Morgan fingerprint density at radius 1 is 0.722 bits per heavy atom. The lowest BCUT2D eigenvalue weighted by Crippen LogP contribution is -2.71. The van der Waals surface area contributed by atoms with E-state index in [-0.39, 0.29) is 41.6 Å². The Morgan fingerprint density at radius 2 is 1.21 bits per heavy atom. The second-order valence-electron chi connectivity index (χ2n) is 17.4. The Balaban J connectivity index is 1.03. The molecule has 3 atom stereocenters. The van der Waals surface area contributed by atoms with Crippen LogP contribution in [0.2, 0.25) is 0 Å². The van der Waals surface area contributed by atoms with Crippen LogP contribution in [-0.4, -0.2) is 97.6 Å². The number of benzene rings is 6. The zero-order valence-electron chi connectivity index (χ0n) is 38.6. The number of ether oxygens (including phenoxy) is 1. The zero-order chi connectivity index (χ0) is 49.7. The van der Waals surface area contributed by atoms with E-state index in [1.807, 2.05) is 146 Å². The summed E-state index contributed by atoms with van der Waals surface area (Å²) in [5.74, 6) is -2.74. The number of fused-ring (bicyclic) bond motifs is 1. The van der Waals surface area contributed by atoms with Crippen molar-refractivity contribution in [3.8, 4) is 0 Å². The van der Waals surface area contributed by atoms with E-state index in [2.05, 4.69) is 47.0 Å². The van der Waals surface area contributed by atoms with Crippen LogP contribution in [0.15, 0.2) is 204 Å². The van der Waals surface area contributed by atoms with Gasteiger partial charge in [-0.1, -0.05) is 187 Å². The lowest BCUT2D eigenvalue weighted by Gasteiger charge is -2.49. The molecule has 14 nitrogen and oxygen atoms in total. The van der Waals surface area contributed by atoms with Crippen LogP contribution in [0.5, 0.6) is 0 Å². The van der Waals surface area contributed by atoms with Gasteiger partial charge in [-0.15, -0.1) is 23.1 Å². The Morgan fingerprint density at radius 3 is 1.67 bits per heavy atom. The first kappa shape index (κ1) is 47.6. The highest BCUT2D eigenvalue weighted by Gasteiger charge is 2.55. The van der Waals surface area contributed by atoms with E-state index in [1.165, 1.54) is 28.0 Å². The van der Waals surface area contributed by atoms with E-state index in [1.54, 1.807) is 5.38 Å². The number of hydrogen-bond acceptors (Lipinski definition) is 12. The monoisotopic (exact) mass is 996 g/mol. The topological polar surface area (TPSA) is 183 Å². The number of aliphatic hydroxyl groups is 1. The number of likely N-dealkylation sites (tertiary alicyclic amines) is 1. The summed E-state index contributed by atoms with van der Waals surface area (Å²) in [6, 6.07) is 57.6. The Labute approximate surface area is 423 Å². The first-order chi connectivity index (χ1) is 35.2. The number of aliphatic carboxylic acids is 1. The van der Waals surface area contributed by atoms with Crippen LogP contribution in [0.4, 0.5) is 9.93 Å². The average Bonchev–Trinajstić information content (AvgIpc) is 4.10. The Hall–Kier alpha value is -8.05. The minimum absolute atomic E-state index is 0.100. The molecule has 2 unspecified atom stereocenters. The summed E-state index contributed by atoms with van der Waals surface area (Å²) in [5, 5.41) is 33.1. The first-order valence-corrected chi connectivity index (χ1v) is 25.2. The van der Waals surface area contributed by atoms with Crippen LogP contribution in [0, 0.1) is 0 Å². The van der Waals surface area contributed by atoms with Crippen molar-refractivity contribution in [2.45, 2.75) is 35.1 Å². The number of aliphatic hydroxyl groups excluding tert-OH is 1. The van der Waals surface area contributed by atoms with Crippen molar-refractivity contribution in [3.05, 3.63) is 238 Å². The molecule has 0 bridgehead atoms. The van der Waals surface area contributed by atoms with Crippen molar-refractivity contribution in [3.63, 3.8) is 0 Å². The van der Waals surface area contributed by atoms with Gasteiger partial charge in [0.25, 0.3) is 11.8 Å². The van der Waals surface area contributed by atoms with Crippen molar-refractivity contribution in [2.75, 3.05) is 30.8 Å². The molecular formula is C56H48N6O8S2. The molecule has 0 saturated carbocycles. The molecule has 2 fully saturated rings. The quantitative estimate of drug-likeness (QED) is 0.0317. The molecule has 16 heteroatoms. The SMILES string of the molecule is O=C(O)C1=C(COC(=O)N2CCC(O)C2)CS[C@H]2C(NC(=O)C(=NOC(c3ccccc3)(c3ccccc3)c3ccccc3)c3csc(NC(c4ccccc4)(c4ccccc4)c4ccccc4)n3)C(=O)N12. The number of oxime groups is 1. The minimum Gasteiger partial charge on any atom is -0.477 e. The summed E-state index contributed by atoms with van der Waals surface area (Å²) in [6.45, 7) is 0.0570. The summed E-state index contributed by atoms with van der Waals surface area (Å²) in [6.07, 6.45) is -0.936.